The van der Waals surface area contributed by atoms with Gasteiger partial charge in [0, 0.05) is 36.4 Å². The Morgan fingerprint density at radius 1 is 0.906 bits per heavy atom. The second-order valence-electron chi connectivity index (χ2n) is 7.66. The van der Waals surface area contributed by atoms with Gasteiger partial charge in [-0.2, -0.15) is 0 Å². The Labute approximate surface area is 188 Å². The molecule has 32 heavy (non-hydrogen) atoms. The third-order valence-electron chi connectivity index (χ3n) is 5.62. The zero-order valence-electron chi connectivity index (χ0n) is 18.1. The van der Waals surface area contributed by atoms with Gasteiger partial charge >= 0.3 is 6.09 Å². The minimum atomic E-state index is -0.434. The molecule has 1 aliphatic rings. The monoisotopic (exact) mass is 423 g/mol. The predicted octanol–water partition coefficient (Wildman–Crippen LogP) is 5.56. The fourth-order valence-electron chi connectivity index (χ4n) is 3.98. The number of carbonyl (C=O) groups excluding carboxylic acids is 2. The van der Waals surface area contributed by atoms with E-state index in [0.29, 0.717) is 31.6 Å². The molecule has 3 aromatic carbocycles. The van der Waals surface area contributed by atoms with Gasteiger partial charge in [0.25, 0.3) is 0 Å². The summed E-state index contributed by atoms with van der Waals surface area (Å²) in [6, 6.07) is 23.8. The lowest BCUT2D eigenvalue weighted by Gasteiger charge is -2.14. The molecule has 0 atom stereocenters. The molecule has 0 fully saturated rings. The van der Waals surface area contributed by atoms with Crippen molar-refractivity contribution in [1.82, 2.24) is 5.32 Å². The number of benzene rings is 3. The van der Waals surface area contributed by atoms with E-state index in [2.05, 4.69) is 41.4 Å². The number of amides is 1. The smallest absolute Gasteiger partial charge is 0.407 e. The average molecular weight is 424 g/mol. The van der Waals surface area contributed by atoms with Gasteiger partial charge in [0.15, 0.2) is 5.78 Å². The lowest BCUT2D eigenvalue weighted by atomic mass is 9.98. The van der Waals surface area contributed by atoms with Crippen LogP contribution in [0.2, 0.25) is 0 Å². The SMILES string of the molecule is CCC(=O)c1ccc(C#CCCNC(=O)OCC2c3ccccc3-c3ccccc32)cc1. The van der Waals surface area contributed by atoms with Gasteiger partial charge < -0.3 is 10.1 Å². The van der Waals surface area contributed by atoms with Crippen molar-refractivity contribution >= 4 is 11.9 Å². The number of Topliss-reactive ketones (excluding diaryl/α,β-unsaturated/α-hetero) is 1. The highest BCUT2D eigenvalue weighted by Gasteiger charge is 2.28. The standard InChI is InChI=1S/C28H25NO3/c1-2-27(30)21-16-14-20(15-17-21)9-7-8-18-29-28(31)32-19-26-24-12-5-3-10-22(24)23-11-4-6-13-25(23)26/h3-6,10-17,26H,2,8,18-19H2,1H3,(H,29,31). The van der Waals surface area contributed by atoms with Crippen LogP contribution in [0.5, 0.6) is 0 Å². The highest BCUT2D eigenvalue weighted by molar-refractivity contribution is 5.95. The van der Waals surface area contributed by atoms with Gasteiger partial charge in [-0.25, -0.2) is 4.79 Å². The van der Waals surface area contributed by atoms with E-state index in [0.717, 1.165) is 5.56 Å². The first-order valence-electron chi connectivity index (χ1n) is 10.9. The van der Waals surface area contributed by atoms with Crippen LogP contribution in [-0.4, -0.2) is 25.0 Å². The summed E-state index contributed by atoms with van der Waals surface area (Å²) in [4.78, 5) is 23.8. The van der Waals surface area contributed by atoms with E-state index < -0.39 is 6.09 Å². The molecule has 0 saturated carbocycles. The zero-order valence-corrected chi connectivity index (χ0v) is 18.1. The summed E-state index contributed by atoms with van der Waals surface area (Å²) in [6.07, 6.45) is 0.572. The molecule has 0 aliphatic heterocycles. The van der Waals surface area contributed by atoms with Crippen LogP contribution in [0, 0.1) is 11.8 Å². The van der Waals surface area contributed by atoms with Crippen LogP contribution in [0.1, 0.15) is 52.7 Å². The lowest BCUT2D eigenvalue weighted by Crippen LogP contribution is -2.26. The molecule has 0 saturated heterocycles. The van der Waals surface area contributed by atoms with Gasteiger partial charge in [-0.3, -0.25) is 4.79 Å². The molecule has 4 rings (SSSR count). The minimum absolute atomic E-state index is 0.0514. The maximum absolute atomic E-state index is 12.2. The van der Waals surface area contributed by atoms with E-state index in [1.807, 2.05) is 43.3 Å². The van der Waals surface area contributed by atoms with Crippen molar-refractivity contribution in [3.63, 3.8) is 0 Å². The van der Waals surface area contributed by atoms with Gasteiger partial charge in [0.05, 0.1) is 0 Å². The molecular weight excluding hydrogens is 398 g/mol. The third-order valence-corrected chi connectivity index (χ3v) is 5.62. The van der Waals surface area contributed by atoms with Crippen LogP contribution in [0.4, 0.5) is 4.79 Å². The highest BCUT2D eigenvalue weighted by Crippen LogP contribution is 2.44. The van der Waals surface area contributed by atoms with Crippen molar-refractivity contribution in [2.75, 3.05) is 13.2 Å². The van der Waals surface area contributed by atoms with Crippen molar-refractivity contribution < 1.29 is 14.3 Å². The third kappa shape index (κ3) is 4.73. The van der Waals surface area contributed by atoms with E-state index in [1.165, 1.54) is 22.3 Å². The van der Waals surface area contributed by atoms with Crippen LogP contribution in [0.25, 0.3) is 11.1 Å². The molecule has 0 bridgehead atoms. The number of ketones is 1. The molecule has 1 N–H and O–H groups in total. The summed E-state index contributed by atoms with van der Waals surface area (Å²) in [5.74, 6) is 6.26. The molecule has 4 heteroatoms. The van der Waals surface area contributed by atoms with Gasteiger partial charge in [-0.15, -0.1) is 0 Å². The number of alkyl carbamates (subject to hydrolysis) is 1. The van der Waals surface area contributed by atoms with Gasteiger partial charge in [0.1, 0.15) is 6.61 Å². The average Bonchev–Trinajstić information content (AvgIpc) is 3.16. The minimum Gasteiger partial charge on any atom is -0.449 e. The molecular formula is C28H25NO3. The number of rotatable bonds is 6. The molecule has 1 aliphatic carbocycles. The van der Waals surface area contributed by atoms with E-state index >= 15 is 0 Å². The molecule has 3 aromatic rings. The Hall–Kier alpha value is -3.84. The molecule has 0 unspecified atom stereocenters. The van der Waals surface area contributed by atoms with Crippen molar-refractivity contribution in [2.45, 2.75) is 25.7 Å². The fraction of sp³-hybridized carbons (Fsp3) is 0.214. The predicted molar refractivity (Wildman–Crippen MR) is 126 cm³/mol. The second-order valence-corrected chi connectivity index (χ2v) is 7.66. The number of carbonyl (C=O) groups is 2. The maximum Gasteiger partial charge on any atom is 0.407 e. The van der Waals surface area contributed by atoms with Gasteiger partial charge in [0.2, 0.25) is 0 Å². The van der Waals surface area contributed by atoms with Crippen molar-refractivity contribution in [1.29, 1.82) is 0 Å². The van der Waals surface area contributed by atoms with E-state index in [1.54, 1.807) is 12.1 Å². The summed E-state index contributed by atoms with van der Waals surface area (Å²) in [6.45, 7) is 2.56. The van der Waals surface area contributed by atoms with E-state index in [9.17, 15) is 9.59 Å². The quantitative estimate of drug-likeness (QED) is 0.321. The summed E-state index contributed by atoms with van der Waals surface area (Å²) in [5, 5.41) is 2.76. The number of hydrogen-bond donors (Lipinski definition) is 1. The highest BCUT2D eigenvalue weighted by atomic mass is 16.5. The Morgan fingerprint density at radius 3 is 2.16 bits per heavy atom. The summed E-state index contributed by atoms with van der Waals surface area (Å²) in [5.41, 5.74) is 6.35. The van der Waals surface area contributed by atoms with Crippen molar-refractivity contribution in [3.8, 4) is 23.0 Å². The molecule has 0 spiro atoms. The number of hydrogen-bond acceptors (Lipinski definition) is 3. The first kappa shape index (κ1) is 21.4. The first-order chi connectivity index (χ1) is 15.7. The van der Waals surface area contributed by atoms with Crippen LogP contribution in [0.3, 0.4) is 0 Å². The normalized spacial score (nSPS) is 11.7. The van der Waals surface area contributed by atoms with E-state index in [4.69, 9.17) is 4.74 Å². The summed E-state index contributed by atoms with van der Waals surface area (Å²) >= 11 is 0. The Kier molecular flexibility index (Phi) is 6.67. The topological polar surface area (TPSA) is 55.4 Å². The molecule has 4 nitrogen and oxygen atoms in total. The first-order valence-corrected chi connectivity index (χ1v) is 10.9. The lowest BCUT2D eigenvalue weighted by molar-refractivity contribution is 0.0988. The van der Waals surface area contributed by atoms with Gasteiger partial charge in [-0.1, -0.05) is 79.4 Å². The molecule has 0 aromatic heterocycles. The fourth-order valence-corrected chi connectivity index (χ4v) is 3.98. The van der Waals surface area contributed by atoms with Crippen LogP contribution in [0.15, 0.2) is 72.8 Å². The number of nitrogens with one attached hydrogen (secondary N) is 1. The molecule has 0 radical (unpaired) electrons. The Bertz CT molecular complexity index is 1140. The van der Waals surface area contributed by atoms with Crippen LogP contribution in [-0.2, 0) is 4.74 Å². The van der Waals surface area contributed by atoms with Crippen molar-refractivity contribution in [3.05, 3.63) is 95.1 Å². The largest absolute Gasteiger partial charge is 0.449 e. The van der Waals surface area contributed by atoms with Crippen LogP contribution >= 0.6 is 0 Å². The van der Waals surface area contributed by atoms with E-state index in [-0.39, 0.29) is 11.7 Å². The number of fused-ring (bicyclic) bond motifs is 3. The molecule has 160 valence electrons. The summed E-state index contributed by atoms with van der Waals surface area (Å²) in [7, 11) is 0. The number of ether oxygens (including phenoxy) is 1. The molecule has 1 amide bonds. The van der Waals surface area contributed by atoms with Crippen LogP contribution < -0.4 is 5.32 Å². The Balaban J connectivity index is 1.25. The Morgan fingerprint density at radius 2 is 1.53 bits per heavy atom. The van der Waals surface area contributed by atoms with Crippen molar-refractivity contribution in [2.24, 2.45) is 0 Å². The molecule has 0 heterocycles. The zero-order chi connectivity index (χ0) is 22.3. The summed E-state index contributed by atoms with van der Waals surface area (Å²) < 4.78 is 5.52. The maximum atomic E-state index is 12.2. The second kappa shape index (κ2) is 9.98. The van der Waals surface area contributed by atoms with Gasteiger partial charge in [-0.05, 0) is 34.4 Å².